The Morgan fingerprint density at radius 1 is 1.09 bits per heavy atom. The van der Waals surface area contributed by atoms with E-state index in [0.717, 1.165) is 35.9 Å². The van der Waals surface area contributed by atoms with Gasteiger partial charge in [-0.15, -0.1) is 10.2 Å². The summed E-state index contributed by atoms with van der Waals surface area (Å²) in [5, 5.41) is 12.0. The fourth-order valence-corrected chi connectivity index (χ4v) is 4.61. The van der Waals surface area contributed by atoms with Gasteiger partial charge in [0.2, 0.25) is 5.91 Å². The van der Waals surface area contributed by atoms with E-state index < -0.39 is 0 Å². The summed E-state index contributed by atoms with van der Waals surface area (Å²) in [5.41, 5.74) is 2.93. The van der Waals surface area contributed by atoms with Gasteiger partial charge in [-0.2, -0.15) is 0 Å². The van der Waals surface area contributed by atoms with Crippen LogP contribution < -0.4 is 15.0 Å². The third kappa shape index (κ3) is 5.07. The fourth-order valence-electron chi connectivity index (χ4n) is 3.79. The standard InChI is InChI=1S/C24H29N5O2S/c1-17(23(30)25-19-10-12-20(13-11-19)29-14-5-4-6-15-29)32-24-27-26-22(28(24)2)18-8-7-9-21(16-18)31-3/h7-13,16-17H,4-6,14-15H2,1-3H3,(H,25,30). The highest BCUT2D eigenvalue weighted by atomic mass is 32.2. The summed E-state index contributed by atoms with van der Waals surface area (Å²) >= 11 is 1.39. The number of aromatic nitrogens is 3. The number of anilines is 2. The number of hydrogen-bond acceptors (Lipinski definition) is 6. The monoisotopic (exact) mass is 451 g/mol. The van der Waals surface area contributed by atoms with E-state index in [1.54, 1.807) is 7.11 Å². The molecule has 32 heavy (non-hydrogen) atoms. The molecule has 1 unspecified atom stereocenters. The number of rotatable bonds is 7. The number of methoxy groups -OCH3 is 1. The zero-order valence-corrected chi connectivity index (χ0v) is 19.6. The van der Waals surface area contributed by atoms with Crippen LogP contribution >= 0.6 is 11.8 Å². The lowest BCUT2D eigenvalue weighted by molar-refractivity contribution is -0.115. The summed E-state index contributed by atoms with van der Waals surface area (Å²) in [6.45, 7) is 4.09. The van der Waals surface area contributed by atoms with E-state index >= 15 is 0 Å². The topological polar surface area (TPSA) is 72.3 Å². The SMILES string of the molecule is COc1cccc(-c2nnc(SC(C)C(=O)Nc3ccc(N4CCCCC4)cc3)n2C)c1. The van der Waals surface area contributed by atoms with E-state index in [2.05, 4.69) is 32.5 Å². The molecule has 1 saturated heterocycles. The number of thioether (sulfide) groups is 1. The summed E-state index contributed by atoms with van der Waals surface area (Å²) in [4.78, 5) is 15.2. The normalized spacial score (nSPS) is 14.8. The van der Waals surface area contributed by atoms with Crippen LogP contribution in [-0.4, -0.2) is 46.1 Å². The van der Waals surface area contributed by atoms with Gasteiger partial charge in [0, 0.05) is 37.1 Å². The maximum atomic E-state index is 12.8. The molecule has 2 aromatic carbocycles. The molecular formula is C24H29N5O2S. The molecule has 168 valence electrons. The van der Waals surface area contributed by atoms with Gasteiger partial charge in [-0.05, 0) is 62.6 Å². The Bertz CT molecular complexity index is 1060. The fraction of sp³-hybridized carbons (Fsp3) is 0.375. The van der Waals surface area contributed by atoms with Crippen LogP contribution in [0.4, 0.5) is 11.4 Å². The van der Waals surface area contributed by atoms with Crippen molar-refractivity contribution < 1.29 is 9.53 Å². The van der Waals surface area contributed by atoms with Crippen LogP contribution in [0.15, 0.2) is 53.7 Å². The van der Waals surface area contributed by atoms with E-state index in [-0.39, 0.29) is 11.2 Å². The highest BCUT2D eigenvalue weighted by molar-refractivity contribution is 8.00. The Labute approximate surface area is 193 Å². The number of piperidine rings is 1. The van der Waals surface area contributed by atoms with Gasteiger partial charge in [-0.1, -0.05) is 23.9 Å². The molecule has 1 atom stereocenters. The smallest absolute Gasteiger partial charge is 0.237 e. The van der Waals surface area contributed by atoms with Gasteiger partial charge in [-0.3, -0.25) is 4.79 Å². The van der Waals surface area contributed by atoms with E-state index in [1.165, 1.54) is 36.7 Å². The minimum Gasteiger partial charge on any atom is -0.497 e. The number of benzene rings is 2. The summed E-state index contributed by atoms with van der Waals surface area (Å²) in [6, 6.07) is 15.8. The number of carbonyl (C=O) groups is 1. The predicted octanol–water partition coefficient (Wildman–Crippen LogP) is 4.60. The molecule has 1 N–H and O–H groups in total. The van der Waals surface area contributed by atoms with Crippen molar-refractivity contribution in [3.8, 4) is 17.1 Å². The number of hydrogen-bond donors (Lipinski definition) is 1. The number of amides is 1. The van der Waals surface area contributed by atoms with Gasteiger partial charge < -0.3 is 19.5 Å². The highest BCUT2D eigenvalue weighted by Crippen LogP contribution is 2.28. The molecular weight excluding hydrogens is 422 g/mol. The van der Waals surface area contributed by atoms with Crippen LogP contribution in [0.25, 0.3) is 11.4 Å². The Hall–Kier alpha value is -3.00. The molecule has 0 saturated carbocycles. The van der Waals surface area contributed by atoms with Crippen LogP contribution in [-0.2, 0) is 11.8 Å². The minimum atomic E-state index is -0.321. The molecule has 1 aliphatic rings. The minimum absolute atomic E-state index is 0.0633. The van der Waals surface area contributed by atoms with Crippen molar-refractivity contribution in [2.75, 3.05) is 30.4 Å². The zero-order valence-electron chi connectivity index (χ0n) is 18.7. The third-order valence-corrected chi connectivity index (χ3v) is 6.80. The molecule has 0 bridgehead atoms. The molecule has 2 heterocycles. The molecule has 3 aromatic rings. The molecule has 1 fully saturated rings. The van der Waals surface area contributed by atoms with Gasteiger partial charge in [0.15, 0.2) is 11.0 Å². The number of nitrogens with one attached hydrogen (secondary N) is 1. The van der Waals surface area contributed by atoms with Crippen molar-refractivity contribution >= 4 is 29.0 Å². The van der Waals surface area contributed by atoms with E-state index in [9.17, 15) is 4.79 Å². The van der Waals surface area contributed by atoms with Crippen LogP contribution in [0.3, 0.4) is 0 Å². The second-order valence-electron chi connectivity index (χ2n) is 7.94. The molecule has 0 radical (unpaired) electrons. The van der Waals surface area contributed by atoms with Crippen molar-refractivity contribution in [1.29, 1.82) is 0 Å². The molecule has 8 heteroatoms. The number of carbonyl (C=O) groups excluding carboxylic acids is 1. The molecule has 1 aliphatic heterocycles. The lowest BCUT2D eigenvalue weighted by Gasteiger charge is -2.28. The second-order valence-corrected chi connectivity index (χ2v) is 9.25. The average molecular weight is 452 g/mol. The van der Waals surface area contributed by atoms with Gasteiger partial charge in [0.05, 0.1) is 12.4 Å². The van der Waals surface area contributed by atoms with E-state index in [1.807, 2.05) is 54.9 Å². The van der Waals surface area contributed by atoms with Crippen molar-refractivity contribution in [3.05, 3.63) is 48.5 Å². The Morgan fingerprint density at radius 3 is 2.56 bits per heavy atom. The quantitative estimate of drug-likeness (QED) is 0.529. The second kappa shape index (κ2) is 10.1. The number of nitrogens with zero attached hydrogens (tertiary/aromatic N) is 4. The summed E-state index contributed by atoms with van der Waals surface area (Å²) in [7, 11) is 3.54. The molecule has 4 rings (SSSR count). The first kappa shape index (κ1) is 22.2. The summed E-state index contributed by atoms with van der Waals surface area (Å²) in [6.07, 6.45) is 3.80. The predicted molar refractivity (Wildman–Crippen MR) is 129 cm³/mol. The molecule has 7 nitrogen and oxygen atoms in total. The molecule has 1 aromatic heterocycles. The maximum Gasteiger partial charge on any atom is 0.237 e. The van der Waals surface area contributed by atoms with Crippen molar-refractivity contribution in [3.63, 3.8) is 0 Å². The van der Waals surface area contributed by atoms with Crippen LogP contribution in [0.5, 0.6) is 5.75 Å². The lowest BCUT2D eigenvalue weighted by atomic mass is 10.1. The Kier molecular flexibility index (Phi) is 6.99. The molecule has 1 amide bonds. The van der Waals surface area contributed by atoms with Crippen LogP contribution in [0.2, 0.25) is 0 Å². The van der Waals surface area contributed by atoms with Crippen molar-refractivity contribution in [2.24, 2.45) is 7.05 Å². The van der Waals surface area contributed by atoms with Gasteiger partial charge in [0.25, 0.3) is 0 Å². The zero-order chi connectivity index (χ0) is 22.5. The first-order valence-electron chi connectivity index (χ1n) is 10.9. The molecule has 0 spiro atoms. The third-order valence-electron chi connectivity index (χ3n) is 5.67. The average Bonchev–Trinajstić information content (AvgIpc) is 3.20. The van der Waals surface area contributed by atoms with Crippen molar-refractivity contribution in [2.45, 2.75) is 36.6 Å². The number of ether oxygens (including phenoxy) is 1. The summed E-state index contributed by atoms with van der Waals surface area (Å²) < 4.78 is 7.20. The largest absolute Gasteiger partial charge is 0.497 e. The highest BCUT2D eigenvalue weighted by Gasteiger charge is 2.20. The Balaban J connectivity index is 1.38. The van der Waals surface area contributed by atoms with Gasteiger partial charge in [-0.25, -0.2) is 0 Å². The van der Waals surface area contributed by atoms with Gasteiger partial charge >= 0.3 is 0 Å². The van der Waals surface area contributed by atoms with E-state index in [0.29, 0.717) is 5.16 Å². The Morgan fingerprint density at radius 2 is 1.84 bits per heavy atom. The maximum absolute atomic E-state index is 12.8. The van der Waals surface area contributed by atoms with Gasteiger partial charge in [0.1, 0.15) is 5.75 Å². The first-order valence-corrected chi connectivity index (χ1v) is 11.8. The van der Waals surface area contributed by atoms with Crippen LogP contribution in [0, 0.1) is 0 Å². The van der Waals surface area contributed by atoms with Crippen LogP contribution in [0.1, 0.15) is 26.2 Å². The van der Waals surface area contributed by atoms with Crippen molar-refractivity contribution in [1.82, 2.24) is 14.8 Å². The van der Waals surface area contributed by atoms with E-state index in [4.69, 9.17) is 4.74 Å². The lowest BCUT2D eigenvalue weighted by Crippen LogP contribution is -2.29. The first-order chi connectivity index (χ1) is 15.5. The summed E-state index contributed by atoms with van der Waals surface area (Å²) in [5.74, 6) is 1.43. The molecule has 0 aliphatic carbocycles.